The molecule has 1 aromatic carbocycles. The summed E-state index contributed by atoms with van der Waals surface area (Å²) in [5.41, 5.74) is 2.02. The van der Waals surface area contributed by atoms with E-state index < -0.39 is 0 Å². The molecule has 0 saturated carbocycles. The van der Waals surface area contributed by atoms with Crippen molar-refractivity contribution in [3.63, 3.8) is 0 Å². The molecule has 0 amide bonds. The van der Waals surface area contributed by atoms with Crippen LogP contribution in [0.15, 0.2) is 18.2 Å². The molecule has 17 heavy (non-hydrogen) atoms. The smallest absolute Gasteiger partial charge is 0.125 e. The monoisotopic (exact) mass is 288 g/mol. The van der Waals surface area contributed by atoms with Crippen LogP contribution in [-0.4, -0.2) is 21.6 Å². The van der Waals surface area contributed by atoms with Crippen molar-refractivity contribution in [3.8, 4) is 0 Å². The first kappa shape index (κ1) is 13.1. The van der Waals surface area contributed by atoms with Crippen LogP contribution < -0.4 is 0 Å². The van der Waals surface area contributed by atoms with Crippen LogP contribution in [0.5, 0.6) is 0 Å². The Hall–Kier alpha value is -0.380. The maximum atomic E-state index is 5.98. The van der Waals surface area contributed by atoms with E-state index in [0.717, 1.165) is 22.6 Å². The summed E-state index contributed by atoms with van der Waals surface area (Å²) in [6, 6.07) is 6.17. The molecule has 2 nitrogen and oxygen atoms in total. The molecule has 0 radical (unpaired) electrons. The molecule has 1 heterocycles. The molecule has 92 valence electrons. The third-order valence-corrected chi connectivity index (χ3v) is 3.98. The maximum Gasteiger partial charge on any atom is 0.125 e. The van der Waals surface area contributed by atoms with E-state index >= 15 is 0 Å². The van der Waals surface area contributed by atoms with Gasteiger partial charge < -0.3 is 4.57 Å². The summed E-state index contributed by atoms with van der Waals surface area (Å²) < 4.78 is 2.20. The largest absolute Gasteiger partial charge is 0.323 e. The van der Waals surface area contributed by atoms with Crippen molar-refractivity contribution in [2.75, 3.05) is 12.0 Å². The standard InChI is InChI=1S/C12H14Cl2N2S/c1-8(7-17-2)16-11-4-3-9(14)5-10(11)15-12(16)6-13/h3-5,8H,6-7H2,1-2H3. The van der Waals surface area contributed by atoms with Gasteiger partial charge in [0, 0.05) is 16.8 Å². The van der Waals surface area contributed by atoms with E-state index in [9.17, 15) is 0 Å². The Bertz CT molecular complexity index is 524. The normalized spacial score (nSPS) is 13.2. The van der Waals surface area contributed by atoms with Crippen molar-refractivity contribution in [2.24, 2.45) is 0 Å². The van der Waals surface area contributed by atoms with E-state index in [-0.39, 0.29) is 0 Å². The lowest BCUT2D eigenvalue weighted by Crippen LogP contribution is -2.10. The third-order valence-electron chi connectivity index (χ3n) is 2.69. The molecule has 1 aromatic heterocycles. The SMILES string of the molecule is CSCC(C)n1c(CCl)nc2cc(Cl)ccc21. The number of alkyl halides is 1. The van der Waals surface area contributed by atoms with Gasteiger partial charge in [0.1, 0.15) is 5.82 Å². The summed E-state index contributed by atoms with van der Waals surface area (Å²) in [5.74, 6) is 2.37. The van der Waals surface area contributed by atoms with Crippen LogP contribution in [0.4, 0.5) is 0 Å². The van der Waals surface area contributed by atoms with Gasteiger partial charge in [-0.05, 0) is 31.4 Å². The predicted octanol–water partition coefficient (Wildman–Crippen LogP) is 4.35. The van der Waals surface area contributed by atoms with Gasteiger partial charge in [0.15, 0.2) is 0 Å². The zero-order valence-corrected chi connectivity index (χ0v) is 12.1. The second-order valence-corrected chi connectivity index (χ2v) is 5.58. The Labute approximate surface area is 115 Å². The minimum absolute atomic E-state index is 0.380. The molecule has 1 unspecified atom stereocenters. The van der Waals surface area contributed by atoms with Crippen LogP contribution in [0.1, 0.15) is 18.8 Å². The Morgan fingerprint density at radius 3 is 2.88 bits per heavy atom. The van der Waals surface area contributed by atoms with Crippen molar-refractivity contribution < 1.29 is 0 Å². The molecule has 0 aliphatic carbocycles. The molecule has 0 saturated heterocycles. The minimum Gasteiger partial charge on any atom is -0.323 e. The van der Waals surface area contributed by atoms with E-state index in [2.05, 4.69) is 22.7 Å². The Balaban J connectivity index is 2.58. The fourth-order valence-electron chi connectivity index (χ4n) is 2.02. The summed E-state index contributed by atoms with van der Waals surface area (Å²) in [6.07, 6.45) is 2.10. The summed E-state index contributed by atoms with van der Waals surface area (Å²) in [5, 5.41) is 0.709. The number of thioether (sulfide) groups is 1. The maximum absolute atomic E-state index is 5.98. The molecule has 0 fully saturated rings. The van der Waals surface area contributed by atoms with Crippen LogP contribution in [-0.2, 0) is 5.88 Å². The Morgan fingerprint density at radius 2 is 2.24 bits per heavy atom. The van der Waals surface area contributed by atoms with Crippen molar-refractivity contribution in [2.45, 2.75) is 18.8 Å². The summed E-state index contributed by atoms with van der Waals surface area (Å²) in [4.78, 5) is 4.53. The van der Waals surface area contributed by atoms with Crippen molar-refractivity contribution in [3.05, 3.63) is 29.0 Å². The number of halogens is 2. The fraction of sp³-hybridized carbons (Fsp3) is 0.417. The molecule has 1 atom stereocenters. The van der Waals surface area contributed by atoms with Crippen molar-refractivity contribution in [1.82, 2.24) is 9.55 Å². The van der Waals surface area contributed by atoms with E-state index in [1.807, 2.05) is 30.0 Å². The number of benzene rings is 1. The van der Waals surface area contributed by atoms with Crippen LogP contribution in [0.3, 0.4) is 0 Å². The van der Waals surface area contributed by atoms with Gasteiger partial charge in [-0.3, -0.25) is 0 Å². The highest BCUT2D eigenvalue weighted by Crippen LogP contribution is 2.26. The molecule has 2 rings (SSSR count). The number of aromatic nitrogens is 2. The summed E-state index contributed by atoms with van der Waals surface area (Å²) in [7, 11) is 0. The number of imidazole rings is 1. The van der Waals surface area contributed by atoms with E-state index in [1.54, 1.807) is 0 Å². The second kappa shape index (κ2) is 5.51. The highest BCUT2D eigenvalue weighted by molar-refractivity contribution is 7.98. The molecular weight excluding hydrogens is 275 g/mol. The molecular formula is C12H14Cl2N2S. The van der Waals surface area contributed by atoms with Crippen LogP contribution in [0.25, 0.3) is 11.0 Å². The topological polar surface area (TPSA) is 17.8 Å². The van der Waals surface area contributed by atoms with Crippen LogP contribution in [0.2, 0.25) is 5.02 Å². The molecule has 0 bridgehead atoms. The van der Waals surface area contributed by atoms with Gasteiger partial charge in [-0.15, -0.1) is 11.6 Å². The van der Waals surface area contributed by atoms with Gasteiger partial charge in [0.25, 0.3) is 0 Å². The van der Waals surface area contributed by atoms with E-state index in [1.165, 1.54) is 0 Å². The van der Waals surface area contributed by atoms with E-state index in [0.29, 0.717) is 16.9 Å². The first-order valence-electron chi connectivity index (χ1n) is 5.38. The Kier molecular flexibility index (Phi) is 4.23. The van der Waals surface area contributed by atoms with Gasteiger partial charge in [0.2, 0.25) is 0 Å². The molecule has 5 heteroatoms. The zero-order valence-electron chi connectivity index (χ0n) is 9.78. The quantitative estimate of drug-likeness (QED) is 0.779. The fourth-order valence-corrected chi connectivity index (χ4v) is 3.01. The van der Waals surface area contributed by atoms with Crippen molar-refractivity contribution in [1.29, 1.82) is 0 Å². The number of fused-ring (bicyclic) bond motifs is 1. The van der Waals surface area contributed by atoms with Crippen molar-refractivity contribution >= 4 is 46.0 Å². The second-order valence-electron chi connectivity index (χ2n) is 3.97. The summed E-state index contributed by atoms with van der Waals surface area (Å²) in [6.45, 7) is 2.18. The number of hydrogen-bond donors (Lipinski definition) is 0. The number of rotatable bonds is 4. The first-order valence-corrected chi connectivity index (χ1v) is 7.69. The van der Waals surface area contributed by atoms with Gasteiger partial charge in [-0.25, -0.2) is 4.98 Å². The lowest BCUT2D eigenvalue weighted by Gasteiger charge is -2.15. The average Bonchev–Trinajstić information content (AvgIpc) is 2.66. The minimum atomic E-state index is 0.380. The summed E-state index contributed by atoms with van der Waals surface area (Å²) >= 11 is 13.8. The highest BCUT2D eigenvalue weighted by Gasteiger charge is 2.14. The lowest BCUT2D eigenvalue weighted by atomic mass is 10.3. The van der Waals surface area contributed by atoms with Gasteiger partial charge in [-0.2, -0.15) is 11.8 Å². The predicted molar refractivity (Wildman–Crippen MR) is 77.4 cm³/mol. The highest BCUT2D eigenvalue weighted by atomic mass is 35.5. The molecule has 0 aliphatic rings. The van der Waals surface area contributed by atoms with Gasteiger partial charge in [0.05, 0.1) is 16.9 Å². The lowest BCUT2D eigenvalue weighted by molar-refractivity contribution is 0.606. The molecule has 0 spiro atoms. The third kappa shape index (κ3) is 2.56. The number of hydrogen-bond acceptors (Lipinski definition) is 2. The molecule has 0 N–H and O–H groups in total. The average molecular weight is 289 g/mol. The zero-order chi connectivity index (χ0) is 12.4. The van der Waals surface area contributed by atoms with Crippen LogP contribution in [0, 0.1) is 0 Å². The van der Waals surface area contributed by atoms with E-state index in [4.69, 9.17) is 23.2 Å². The molecule has 0 aliphatic heterocycles. The van der Waals surface area contributed by atoms with Gasteiger partial charge in [-0.1, -0.05) is 11.6 Å². The number of nitrogens with zero attached hydrogens (tertiary/aromatic N) is 2. The van der Waals surface area contributed by atoms with Gasteiger partial charge >= 0.3 is 0 Å². The first-order chi connectivity index (χ1) is 8.17. The van der Waals surface area contributed by atoms with Crippen LogP contribution >= 0.6 is 35.0 Å². The molecule has 2 aromatic rings. The Morgan fingerprint density at radius 1 is 1.47 bits per heavy atom.